The quantitative estimate of drug-likeness (QED) is 0.300. The lowest BCUT2D eigenvalue weighted by molar-refractivity contribution is -0.137. The van der Waals surface area contributed by atoms with Crippen LogP contribution >= 0.6 is 7.14 Å². The Morgan fingerprint density at radius 1 is 1.21 bits per heavy atom. The smallest absolute Gasteiger partial charge is 0.298 e. The van der Waals surface area contributed by atoms with Crippen molar-refractivity contribution in [1.29, 1.82) is 0 Å². The number of alkyl halides is 3. The summed E-state index contributed by atoms with van der Waals surface area (Å²) >= 11 is 0. The maximum atomic E-state index is 15.2. The number of anilines is 1. The van der Waals surface area contributed by atoms with Gasteiger partial charge in [0.1, 0.15) is 36.7 Å². The third-order valence-corrected chi connectivity index (χ3v) is 11.2. The van der Waals surface area contributed by atoms with Crippen molar-refractivity contribution >= 4 is 35.1 Å². The lowest BCUT2D eigenvalue weighted by Gasteiger charge is -2.33. The highest BCUT2D eigenvalue weighted by Gasteiger charge is 2.53. The molecule has 224 valence electrons. The van der Waals surface area contributed by atoms with Crippen molar-refractivity contribution in [3.8, 4) is 11.5 Å². The molecule has 2 aliphatic heterocycles. The molecule has 1 aliphatic carbocycles. The minimum Gasteiger partial charge on any atom is -0.453 e. The molecule has 3 aliphatic rings. The largest absolute Gasteiger partial charge is 0.453 e. The minimum absolute atomic E-state index is 0.0721. The Morgan fingerprint density at radius 2 is 1.90 bits per heavy atom. The molecule has 1 atom stereocenters. The zero-order chi connectivity index (χ0) is 30.0. The Hall–Kier alpha value is -3.44. The first-order chi connectivity index (χ1) is 19.9. The first-order valence-corrected chi connectivity index (χ1v) is 15.7. The average molecular weight is 609 g/mol. The molecule has 2 N–H and O–H groups in total. The summed E-state index contributed by atoms with van der Waals surface area (Å²) in [6, 6.07) is 4.35. The molecule has 3 aromatic rings. The van der Waals surface area contributed by atoms with E-state index in [1.165, 1.54) is 17.0 Å². The van der Waals surface area contributed by atoms with E-state index in [-0.39, 0.29) is 67.9 Å². The summed E-state index contributed by atoms with van der Waals surface area (Å²) in [5.41, 5.74) is -2.43. The number of ether oxygens (including phenoxy) is 2. The number of aryl methyl sites for hydroxylation is 1. The number of carbonyl (C=O) groups is 1. The Bertz CT molecular complexity index is 1640. The van der Waals surface area contributed by atoms with Crippen LogP contribution in [-0.2, 0) is 15.3 Å². The third kappa shape index (κ3) is 4.76. The van der Waals surface area contributed by atoms with Crippen LogP contribution in [0.3, 0.4) is 0 Å². The summed E-state index contributed by atoms with van der Waals surface area (Å²) in [4.78, 5) is 22.9. The number of nitrogens with one attached hydrogen (secondary N) is 1. The van der Waals surface area contributed by atoms with Crippen LogP contribution in [0.1, 0.15) is 42.8 Å². The van der Waals surface area contributed by atoms with Crippen molar-refractivity contribution in [2.24, 2.45) is 0 Å². The first kappa shape index (κ1) is 28.7. The van der Waals surface area contributed by atoms with Crippen LogP contribution < -0.4 is 20.1 Å². The predicted octanol–water partition coefficient (Wildman–Crippen LogP) is 4.40. The van der Waals surface area contributed by atoms with Crippen LogP contribution in [-0.4, -0.2) is 70.4 Å². The molecule has 1 saturated carbocycles. The van der Waals surface area contributed by atoms with Crippen LogP contribution in [0.5, 0.6) is 11.5 Å². The van der Waals surface area contributed by atoms with Crippen molar-refractivity contribution in [2.75, 3.05) is 44.1 Å². The van der Waals surface area contributed by atoms with Gasteiger partial charge in [-0.15, -0.1) is 0 Å². The van der Waals surface area contributed by atoms with E-state index in [0.717, 1.165) is 6.07 Å². The maximum Gasteiger partial charge on any atom is 0.298 e. The number of nitrogens with zero attached hydrogens (tertiary/aromatic N) is 3. The monoisotopic (exact) mass is 608 g/mol. The molecule has 1 aromatic heterocycles. The van der Waals surface area contributed by atoms with Gasteiger partial charge >= 0.3 is 0 Å². The Kier molecular flexibility index (Phi) is 6.88. The normalized spacial score (nSPS) is 19.5. The van der Waals surface area contributed by atoms with Gasteiger partial charge in [0, 0.05) is 36.4 Å². The molecular formula is C28H29F4N4O5P. The van der Waals surface area contributed by atoms with E-state index in [4.69, 9.17) is 14.6 Å². The summed E-state index contributed by atoms with van der Waals surface area (Å²) in [5.74, 6) is -4.35. The summed E-state index contributed by atoms with van der Waals surface area (Å²) in [6.45, 7) is 1.81. The van der Waals surface area contributed by atoms with Crippen LogP contribution in [0.2, 0.25) is 0 Å². The number of carbonyl (C=O) groups excluding carboxylic acids is 1. The number of amides is 1. The molecule has 9 nitrogen and oxygen atoms in total. The van der Waals surface area contributed by atoms with Crippen LogP contribution in [0.4, 0.5) is 23.4 Å². The molecule has 2 aromatic carbocycles. The zero-order valence-corrected chi connectivity index (χ0v) is 23.8. The van der Waals surface area contributed by atoms with E-state index in [9.17, 15) is 22.5 Å². The number of rotatable bonds is 7. The van der Waals surface area contributed by atoms with E-state index in [2.05, 4.69) is 15.3 Å². The zero-order valence-electron chi connectivity index (χ0n) is 22.9. The summed E-state index contributed by atoms with van der Waals surface area (Å²) in [7, 11) is -3.15. The fraction of sp³-hybridized carbons (Fsp3) is 0.464. The molecule has 14 heteroatoms. The van der Waals surface area contributed by atoms with E-state index >= 15 is 4.39 Å². The SMILES string of the molecule is Cc1nc(N[C@H](C)c2cccc(C(F)(F)CO)c2F)c2cc(P3(=O)CCN(C(=O)C4(F)CC4)CC3)c3c(c2n1)OCO3. The van der Waals surface area contributed by atoms with Gasteiger partial charge in [-0.25, -0.2) is 18.7 Å². The number of aliphatic hydroxyl groups is 1. The maximum absolute atomic E-state index is 15.2. The molecule has 0 unspecified atom stereocenters. The number of fused-ring (bicyclic) bond motifs is 3. The number of halogens is 4. The number of hydrogen-bond donors (Lipinski definition) is 2. The second-order valence-corrected chi connectivity index (χ2v) is 14.2. The van der Waals surface area contributed by atoms with E-state index in [0.29, 0.717) is 22.0 Å². The average Bonchev–Trinajstić information content (AvgIpc) is 3.52. The van der Waals surface area contributed by atoms with E-state index in [1.807, 2.05) is 0 Å². The van der Waals surface area contributed by atoms with Crippen molar-refractivity contribution < 1.29 is 41.5 Å². The first-order valence-electron chi connectivity index (χ1n) is 13.6. The second-order valence-electron chi connectivity index (χ2n) is 11.0. The molecule has 1 amide bonds. The van der Waals surface area contributed by atoms with Gasteiger partial charge in [0.25, 0.3) is 11.8 Å². The third-order valence-electron chi connectivity index (χ3n) is 8.10. The molecule has 0 spiro atoms. The van der Waals surface area contributed by atoms with Crippen molar-refractivity contribution in [1.82, 2.24) is 14.9 Å². The fourth-order valence-corrected chi connectivity index (χ4v) is 8.26. The Labute approximate surface area is 238 Å². The Morgan fingerprint density at radius 3 is 2.57 bits per heavy atom. The molecule has 3 heterocycles. The molecule has 0 bridgehead atoms. The van der Waals surface area contributed by atoms with Crippen molar-refractivity contribution in [2.45, 2.75) is 44.3 Å². The lowest BCUT2D eigenvalue weighted by Crippen LogP contribution is -2.45. The van der Waals surface area contributed by atoms with Gasteiger partial charge in [0.2, 0.25) is 6.79 Å². The molecule has 1 saturated heterocycles. The Balaban J connectivity index is 1.37. The van der Waals surface area contributed by atoms with Gasteiger partial charge in [0.05, 0.1) is 16.9 Å². The predicted molar refractivity (Wildman–Crippen MR) is 146 cm³/mol. The molecular weight excluding hydrogens is 579 g/mol. The van der Waals surface area contributed by atoms with Crippen LogP contribution in [0.15, 0.2) is 24.3 Å². The highest BCUT2D eigenvalue weighted by molar-refractivity contribution is 7.72. The summed E-state index contributed by atoms with van der Waals surface area (Å²) in [6.07, 6.45) is 0.655. The lowest BCUT2D eigenvalue weighted by atomic mass is 10.00. The van der Waals surface area contributed by atoms with Gasteiger partial charge in [-0.2, -0.15) is 8.78 Å². The minimum atomic E-state index is -3.76. The van der Waals surface area contributed by atoms with Gasteiger partial charge in [-0.1, -0.05) is 12.1 Å². The number of hydrogen-bond acceptors (Lipinski definition) is 8. The van der Waals surface area contributed by atoms with Crippen LogP contribution in [0, 0.1) is 12.7 Å². The van der Waals surface area contributed by atoms with Gasteiger partial charge in [-0.3, -0.25) is 4.79 Å². The number of benzene rings is 2. The van der Waals surface area contributed by atoms with Crippen molar-refractivity contribution in [3.05, 3.63) is 47.0 Å². The number of aromatic nitrogens is 2. The molecule has 6 rings (SSSR count). The highest BCUT2D eigenvalue weighted by atomic mass is 31.2. The van der Waals surface area contributed by atoms with Gasteiger partial charge < -0.3 is 29.4 Å². The summed E-state index contributed by atoms with van der Waals surface area (Å²) < 4.78 is 83.7. The van der Waals surface area contributed by atoms with Crippen LogP contribution in [0.25, 0.3) is 10.9 Å². The van der Waals surface area contributed by atoms with Gasteiger partial charge in [-0.05, 0) is 38.8 Å². The second kappa shape index (κ2) is 10.1. The van der Waals surface area contributed by atoms with E-state index < -0.39 is 48.7 Å². The standard InChI is InChI=1S/C28H29F4N4O5P/c1-15(17-4-3-5-19(21(17)29)28(31,32)13-37)33-25-18-12-20(23-24(41-14-40-23)22(18)34-16(2)35-25)42(39)10-8-36(9-11-42)26(38)27(30)6-7-27/h3-5,12,15,37H,6-11,13-14H2,1-2H3,(H,33,34,35)/t15-/m1/s1. The van der Waals surface area contributed by atoms with E-state index in [1.54, 1.807) is 19.9 Å². The van der Waals surface area contributed by atoms with Gasteiger partial charge in [0.15, 0.2) is 17.2 Å². The van der Waals surface area contributed by atoms with Crippen molar-refractivity contribution in [3.63, 3.8) is 0 Å². The molecule has 2 fully saturated rings. The number of aliphatic hydroxyl groups excluding tert-OH is 1. The topological polar surface area (TPSA) is 114 Å². The highest BCUT2D eigenvalue weighted by Crippen LogP contribution is 2.54. The summed E-state index contributed by atoms with van der Waals surface area (Å²) in [5, 5.41) is 12.9. The molecule has 42 heavy (non-hydrogen) atoms. The molecule has 0 radical (unpaired) electrons. The fourth-order valence-electron chi connectivity index (χ4n) is 5.52.